The van der Waals surface area contributed by atoms with Crippen molar-refractivity contribution in [3.63, 3.8) is 0 Å². The Morgan fingerprint density at radius 3 is 2.62 bits per heavy atom. The summed E-state index contributed by atoms with van der Waals surface area (Å²) in [5.74, 6) is 0.0988. The highest BCUT2D eigenvalue weighted by Gasteiger charge is 2.23. The maximum absolute atomic E-state index is 13.0. The van der Waals surface area contributed by atoms with Gasteiger partial charge in [0.1, 0.15) is 0 Å². The largest absolute Gasteiger partial charge is 0.335 e. The van der Waals surface area contributed by atoms with Crippen molar-refractivity contribution in [3.05, 3.63) is 42.1 Å². The van der Waals surface area contributed by atoms with Crippen molar-refractivity contribution < 1.29 is 4.79 Å². The maximum Gasteiger partial charge on any atom is 0.254 e. The monoisotopic (exact) mass is 348 g/mol. The minimum atomic E-state index is 0.0988. The highest BCUT2D eigenvalue weighted by atomic mass is 79.9. The fraction of sp³-hybridized carbons (Fsp3) is 0.412. The Morgan fingerprint density at radius 2 is 1.95 bits per heavy atom. The number of amides is 1. The van der Waals surface area contributed by atoms with Gasteiger partial charge in [-0.15, -0.1) is 0 Å². The standard InChI is InChI=1S/C17H21BrN2O/c1-3-13(4-2)20(12-10-18)17(21)15-9-11-19-16-8-6-5-7-14(15)16/h5-9,11,13H,3-4,10,12H2,1-2H3. The van der Waals surface area contributed by atoms with E-state index in [1.54, 1.807) is 6.20 Å². The van der Waals surface area contributed by atoms with Crippen LogP contribution in [0.5, 0.6) is 0 Å². The third-order valence-corrected chi connectivity index (χ3v) is 4.20. The quantitative estimate of drug-likeness (QED) is 0.730. The van der Waals surface area contributed by atoms with Gasteiger partial charge < -0.3 is 4.90 Å². The van der Waals surface area contributed by atoms with Crippen LogP contribution >= 0.6 is 15.9 Å². The van der Waals surface area contributed by atoms with E-state index in [9.17, 15) is 4.79 Å². The first kappa shape index (κ1) is 16.0. The molecule has 1 aromatic heterocycles. The van der Waals surface area contributed by atoms with Crippen molar-refractivity contribution in [2.24, 2.45) is 0 Å². The van der Waals surface area contributed by atoms with Gasteiger partial charge in [0.15, 0.2) is 0 Å². The van der Waals surface area contributed by atoms with Crippen LogP contribution in [0.3, 0.4) is 0 Å². The summed E-state index contributed by atoms with van der Waals surface area (Å²) in [4.78, 5) is 19.3. The van der Waals surface area contributed by atoms with Gasteiger partial charge in [-0.2, -0.15) is 0 Å². The molecule has 21 heavy (non-hydrogen) atoms. The topological polar surface area (TPSA) is 33.2 Å². The average molecular weight is 349 g/mol. The highest BCUT2D eigenvalue weighted by molar-refractivity contribution is 9.09. The van der Waals surface area contributed by atoms with Crippen molar-refractivity contribution in [1.29, 1.82) is 0 Å². The molecule has 2 rings (SSSR count). The van der Waals surface area contributed by atoms with E-state index in [4.69, 9.17) is 0 Å². The zero-order valence-corrected chi connectivity index (χ0v) is 14.1. The smallest absolute Gasteiger partial charge is 0.254 e. The number of hydrogen-bond acceptors (Lipinski definition) is 2. The van der Waals surface area contributed by atoms with E-state index in [2.05, 4.69) is 34.8 Å². The second-order valence-electron chi connectivity index (χ2n) is 5.03. The molecule has 1 amide bonds. The number of carbonyl (C=O) groups excluding carboxylic acids is 1. The number of alkyl halides is 1. The number of para-hydroxylation sites is 1. The molecule has 2 aromatic rings. The molecule has 0 radical (unpaired) electrons. The van der Waals surface area contributed by atoms with Crippen molar-refractivity contribution in [3.8, 4) is 0 Å². The zero-order valence-electron chi connectivity index (χ0n) is 12.6. The van der Waals surface area contributed by atoms with Gasteiger partial charge in [-0.25, -0.2) is 0 Å². The van der Waals surface area contributed by atoms with Gasteiger partial charge in [-0.05, 0) is 25.0 Å². The van der Waals surface area contributed by atoms with E-state index >= 15 is 0 Å². The van der Waals surface area contributed by atoms with Crippen molar-refractivity contribution in [1.82, 2.24) is 9.88 Å². The summed E-state index contributed by atoms with van der Waals surface area (Å²) in [6.45, 7) is 4.99. The first-order valence-corrected chi connectivity index (χ1v) is 8.55. The SMILES string of the molecule is CCC(CC)N(CCBr)C(=O)c1ccnc2ccccc12. The Kier molecular flexibility index (Phi) is 5.74. The van der Waals surface area contributed by atoms with Crippen molar-refractivity contribution in [2.45, 2.75) is 32.7 Å². The van der Waals surface area contributed by atoms with Gasteiger partial charge in [0.25, 0.3) is 5.91 Å². The normalized spacial score (nSPS) is 11.0. The fourth-order valence-corrected chi connectivity index (χ4v) is 3.09. The second-order valence-corrected chi connectivity index (χ2v) is 5.83. The Bertz CT molecular complexity index is 605. The molecule has 0 atom stereocenters. The van der Waals surface area contributed by atoms with Gasteiger partial charge in [0.2, 0.25) is 0 Å². The molecule has 4 heteroatoms. The summed E-state index contributed by atoms with van der Waals surface area (Å²) in [6, 6.07) is 9.91. The van der Waals surface area contributed by atoms with E-state index in [0.29, 0.717) is 0 Å². The van der Waals surface area contributed by atoms with Gasteiger partial charge in [0, 0.05) is 29.5 Å². The summed E-state index contributed by atoms with van der Waals surface area (Å²) in [6.07, 6.45) is 3.66. The van der Waals surface area contributed by atoms with Crippen LogP contribution in [0.1, 0.15) is 37.0 Å². The zero-order chi connectivity index (χ0) is 15.2. The van der Waals surface area contributed by atoms with E-state index in [-0.39, 0.29) is 11.9 Å². The van der Waals surface area contributed by atoms with Gasteiger partial charge in [-0.1, -0.05) is 48.0 Å². The predicted molar refractivity (Wildman–Crippen MR) is 90.9 cm³/mol. The molecule has 1 heterocycles. The fourth-order valence-electron chi connectivity index (χ4n) is 2.71. The third-order valence-electron chi connectivity index (χ3n) is 3.85. The van der Waals surface area contributed by atoms with Crippen molar-refractivity contribution in [2.75, 3.05) is 11.9 Å². The van der Waals surface area contributed by atoms with Crippen LogP contribution in [0, 0.1) is 0 Å². The number of pyridine rings is 1. The lowest BCUT2D eigenvalue weighted by atomic mass is 10.1. The van der Waals surface area contributed by atoms with E-state index in [1.807, 2.05) is 35.2 Å². The summed E-state index contributed by atoms with van der Waals surface area (Å²) in [5.41, 5.74) is 1.61. The molecule has 0 aliphatic rings. The number of fused-ring (bicyclic) bond motifs is 1. The molecule has 3 nitrogen and oxygen atoms in total. The Balaban J connectivity index is 2.43. The number of hydrogen-bond donors (Lipinski definition) is 0. The first-order valence-electron chi connectivity index (χ1n) is 7.43. The van der Waals surface area contributed by atoms with Gasteiger partial charge in [-0.3, -0.25) is 9.78 Å². The third kappa shape index (κ3) is 3.43. The molecule has 0 N–H and O–H groups in total. The molecular formula is C17H21BrN2O. The number of nitrogens with zero attached hydrogens (tertiary/aromatic N) is 2. The second kappa shape index (κ2) is 7.55. The first-order chi connectivity index (χ1) is 10.2. The molecule has 1 aromatic carbocycles. The van der Waals surface area contributed by atoms with Crippen molar-refractivity contribution >= 4 is 32.7 Å². The van der Waals surface area contributed by atoms with Gasteiger partial charge in [0.05, 0.1) is 11.1 Å². The summed E-state index contributed by atoms with van der Waals surface area (Å²) < 4.78 is 0. The molecule has 0 aliphatic carbocycles. The molecule has 0 unspecified atom stereocenters. The number of carbonyl (C=O) groups is 1. The minimum absolute atomic E-state index is 0.0988. The van der Waals surface area contributed by atoms with E-state index in [1.165, 1.54) is 0 Å². The van der Waals surface area contributed by atoms with Crippen LogP contribution in [0.25, 0.3) is 10.9 Å². The van der Waals surface area contributed by atoms with Crippen LogP contribution < -0.4 is 0 Å². The lowest BCUT2D eigenvalue weighted by Gasteiger charge is -2.30. The molecule has 0 bridgehead atoms. The molecule has 112 valence electrons. The van der Waals surface area contributed by atoms with Crippen LogP contribution in [0.15, 0.2) is 36.5 Å². The molecule has 0 saturated heterocycles. The van der Waals surface area contributed by atoms with E-state index in [0.717, 1.165) is 41.2 Å². The van der Waals surface area contributed by atoms with Gasteiger partial charge >= 0.3 is 0 Å². The molecule has 0 spiro atoms. The Morgan fingerprint density at radius 1 is 1.24 bits per heavy atom. The van der Waals surface area contributed by atoms with Crippen LogP contribution in [0.2, 0.25) is 0 Å². The molecular weight excluding hydrogens is 328 g/mol. The number of rotatable bonds is 6. The minimum Gasteiger partial charge on any atom is -0.335 e. The lowest BCUT2D eigenvalue weighted by molar-refractivity contribution is 0.0685. The number of halogens is 1. The number of benzene rings is 1. The van der Waals surface area contributed by atoms with Crippen LogP contribution in [-0.2, 0) is 0 Å². The molecule has 0 saturated carbocycles. The molecule has 0 fully saturated rings. The van der Waals surface area contributed by atoms with Crippen LogP contribution in [-0.4, -0.2) is 33.7 Å². The Hall–Kier alpha value is -1.42. The average Bonchev–Trinajstić information content (AvgIpc) is 2.54. The highest BCUT2D eigenvalue weighted by Crippen LogP contribution is 2.20. The predicted octanol–water partition coefficient (Wildman–Crippen LogP) is 4.26. The summed E-state index contributed by atoms with van der Waals surface area (Å²) >= 11 is 3.46. The van der Waals surface area contributed by atoms with Crippen LogP contribution in [0.4, 0.5) is 0 Å². The Labute approximate surface area is 134 Å². The summed E-state index contributed by atoms with van der Waals surface area (Å²) in [7, 11) is 0. The number of aromatic nitrogens is 1. The van der Waals surface area contributed by atoms with E-state index < -0.39 is 0 Å². The molecule has 0 aliphatic heterocycles. The lowest BCUT2D eigenvalue weighted by Crippen LogP contribution is -2.41. The maximum atomic E-state index is 13.0. The summed E-state index contributed by atoms with van der Waals surface area (Å²) in [5, 5.41) is 1.72.